The summed E-state index contributed by atoms with van der Waals surface area (Å²) < 4.78 is 4.21. The summed E-state index contributed by atoms with van der Waals surface area (Å²) in [7, 11) is 3.88. The molecule has 0 aliphatic rings. The maximum absolute atomic E-state index is 12.5. The Morgan fingerprint density at radius 3 is 2.71 bits per heavy atom. The second-order valence-electron chi connectivity index (χ2n) is 9.50. The quantitative estimate of drug-likeness (QED) is 0.100. The number of nitrogens with one attached hydrogen (secondary N) is 1. The van der Waals surface area contributed by atoms with Crippen molar-refractivity contribution in [2.75, 3.05) is 20.1 Å². The minimum atomic E-state index is -0.118. The molecule has 190 valence electrons. The van der Waals surface area contributed by atoms with Crippen LogP contribution in [0.3, 0.4) is 0 Å². The van der Waals surface area contributed by atoms with Gasteiger partial charge in [0.25, 0.3) is 0 Å². The molecule has 0 unspecified atom stereocenters. The van der Waals surface area contributed by atoms with E-state index in [1.807, 2.05) is 26.5 Å². The van der Waals surface area contributed by atoms with Crippen LogP contribution in [-0.2, 0) is 24.8 Å². The van der Waals surface area contributed by atoms with Gasteiger partial charge in [0.2, 0.25) is 12.2 Å². The van der Waals surface area contributed by atoms with E-state index in [1.165, 1.54) is 16.8 Å². The molecule has 0 saturated carbocycles. The van der Waals surface area contributed by atoms with Gasteiger partial charge in [0.15, 0.2) is 0 Å². The highest BCUT2D eigenvalue weighted by atomic mass is 16.2. The van der Waals surface area contributed by atoms with Crippen LogP contribution in [0.4, 0.5) is 0 Å². The lowest BCUT2D eigenvalue weighted by Crippen LogP contribution is -2.31. The number of amides is 1. The van der Waals surface area contributed by atoms with Gasteiger partial charge >= 0.3 is 0 Å². The Kier molecular flexibility index (Phi) is 13.7. The Labute approximate surface area is 206 Å². The maximum atomic E-state index is 12.5. The van der Waals surface area contributed by atoms with Crippen LogP contribution in [-0.4, -0.2) is 41.5 Å². The molecule has 0 aliphatic carbocycles. The van der Waals surface area contributed by atoms with Crippen molar-refractivity contribution in [1.82, 2.24) is 9.47 Å². The molecular weight excluding hydrogens is 424 g/mol. The average molecular weight is 471 g/mol. The third-order valence-electron chi connectivity index (χ3n) is 5.80. The number of nitrogens with two attached hydrogens (primary N) is 1. The summed E-state index contributed by atoms with van der Waals surface area (Å²) in [5.41, 5.74) is 16.4. The highest BCUT2D eigenvalue weighted by molar-refractivity contribution is 5.87. The fourth-order valence-corrected chi connectivity index (χ4v) is 3.57. The van der Waals surface area contributed by atoms with E-state index in [0.29, 0.717) is 19.0 Å². The summed E-state index contributed by atoms with van der Waals surface area (Å²) in [4.78, 5) is 18.2. The van der Waals surface area contributed by atoms with E-state index < -0.39 is 0 Å². The standard InChI is InChI=1S/C27H46N6O/c1-22(2)10-7-11-23(3)12-8-13-24(4)14-15-26(34)31(5)19-16-25-20-33(21-32(25)6)18-9-17-30-27(28)29/h10,12,14-15,20-21,24H,7-9,11,13,16-19H2,1-6H3,(H3-,28,29,30)/b15-14+,23-12+/t24-/m0/s1. The van der Waals surface area contributed by atoms with Crippen molar-refractivity contribution >= 4 is 11.9 Å². The topological polar surface area (TPSA) is 91.3 Å². The molecule has 7 heteroatoms. The third kappa shape index (κ3) is 13.0. The zero-order valence-electron chi connectivity index (χ0n) is 22.2. The first-order chi connectivity index (χ1) is 16.1. The average Bonchev–Trinajstić information content (AvgIpc) is 3.12. The summed E-state index contributed by atoms with van der Waals surface area (Å²) in [6.45, 7) is 10.7. The van der Waals surface area contributed by atoms with E-state index in [-0.39, 0.29) is 11.9 Å². The second-order valence-corrected chi connectivity index (χ2v) is 9.50. The van der Waals surface area contributed by atoms with Gasteiger partial charge in [0.1, 0.15) is 11.9 Å². The number of carbonyl (C=O) groups excluding carboxylic acids is 1. The highest BCUT2D eigenvalue weighted by Gasteiger charge is 2.12. The molecule has 0 radical (unpaired) electrons. The molecule has 0 aliphatic heterocycles. The molecule has 1 atom stereocenters. The van der Waals surface area contributed by atoms with E-state index in [2.05, 4.69) is 60.2 Å². The number of guanidine groups is 1. The zero-order valence-corrected chi connectivity index (χ0v) is 22.2. The van der Waals surface area contributed by atoms with Crippen LogP contribution in [0.2, 0.25) is 0 Å². The Bertz CT molecular complexity index is 870. The first kappa shape index (κ1) is 29.2. The van der Waals surface area contributed by atoms with Crippen LogP contribution in [0.25, 0.3) is 5.73 Å². The Morgan fingerprint density at radius 2 is 2.03 bits per heavy atom. The summed E-state index contributed by atoms with van der Waals surface area (Å²) in [6, 6.07) is 0. The van der Waals surface area contributed by atoms with E-state index in [0.717, 1.165) is 45.1 Å². The Balaban J connectivity index is 2.39. The fourth-order valence-electron chi connectivity index (χ4n) is 3.57. The van der Waals surface area contributed by atoms with Gasteiger partial charge in [-0.3, -0.25) is 4.79 Å². The molecule has 34 heavy (non-hydrogen) atoms. The van der Waals surface area contributed by atoms with Gasteiger partial charge < -0.3 is 21.4 Å². The smallest absolute Gasteiger partial charge is 0.245 e. The van der Waals surface area contributed by atoms with Gasteiger partial charge in [0, 0.05) is 20.0 Å². The first-order valence-corrected chi connectivity index (χ1v) is 12.4. The summed E-state index contributed by atoms with van der Waals surface area (Å²) in [5.74, 6) is 0.307. The number of likely N-dealkylation sites (N-methyl/N-ethyl adjacent to an activating group) is 1. The van der Waals surface area contributed by atoms with Crippen molar-refractivity contribution in [3.63, 3.8) is 0 Å². The molecular formula is C27H46N6O. The molecule has 0 aromatic carbocycles. The van der Waals surface area contributed by atoms with E-state index in [9.17, 15) is 4.79 Å². The molecule has 3 N–H and O–H groups in total. The largest absolute Gasteiger partial charge is 0.454 e. The number of imidazole rings is 1. The number of aromatic nitrogens is 2. The van der Waals surface area contributed by atoms with Crippen LogP contribution < -0.4 is 10.3 Å². The van der Waals surface area contributed by atoms with Gasteiger partial charge in [-0.25, -0.2) is 9.13 Å². The Hall–Kier alpha value is -2.83. The maximum Gasteiger partial charge on any atom is 0.245 e. The first-order valence-electron chi connectivity index (χ1n) is 12.4. The second kappa shape index (κ2) is 15.9. The van der Waals surface area contributed by atoms with Gasteiger partial charge in [-0.2, -0.15) is 0 Å². The van der Waals surface area contributed by atoms with Crippen LogP contribution >= 0.6 is 0 Å². The normalized spacial score (nSPS) is 13.4. The van der Waals surface area contributed by atoms with Crippen molar-refractivity contribution in [2.45, 2.75) is 72.8 Å². The monoisotopic (exact) mass is 470 g/mol. The summed E-state index contributed by atoms with van der Waals surface area (Å²) in [6.07, 6.45) is 18.5. The number of aliphatic imine (C=N–C) groups is 1. The number of aryl methyl sites for hydroxylation is 2. The predicted molar refractivity (Wildman–Crippen MR) is 142 cm³/mol. The predicted octanol–water partition coefficient (Wildman–Crippen LogP) is 4.74. The van der Waals surface area contributed by atoms with E-state index in [1.54, 1.807) is 11.0 Å². The molecule has 7 nitrogen and oxygen atoms in total. The van der Waals surface area contributed by atoms with E-state index in [4.69, 9.17) is 11.5 Å². The van der Waals surface area contributed by atoms with Crippen LogP contribution in [0.15, 0.2) is 53.0 Å². The van der Waals surface area contributed by atoms with Crippen molar-refractivity contribution < 1.29 is 9.36 Å². The van der Waals surface area contributed by atoms with Crippen LogP contribution in [0.1, 0.15) is 65.5 Å². The molecule has 1 aromatic rings. The van der Waals surface area contributed by atoms with Crippen molar-refractivity contribution in [2.24, 2.45) is 23.7 Å². The number of allylic oxidation sites excluding steroid dienone is 5. The summed E-state index contributed by atoms with van der Waals surface area (Å²) in [5, 5.41) is 0. The number of carbonyl (C=O) groups is 1. The molecule has 0 bridgehead atoms. The number of hydrogen-bond acceptors (Lipinski definition) is 2. The lowest BCUT2D eigenvalue weighted by molar-refractivity contribution is -0.696. The van der Waals surface area contributed by atoms with Gasteiger partial charge in [0.05, 0.1) is 13.6 Å². The number of rotatable bonds is 15. The molecule has 1 amide bonds. The van der Waals surface area contributed by atoms with Gasteiger partial charge in [-0.15, -0.1) is 0 Å². The molecule has 1 rings (SSSR count). The number of hydrogen-bond donors (Lipinski definition) is 1. The summed E-state index contributed by atoms with van der Waals surface area (Å²) >= 11 is 0. The SMILES string of the molecule is CC(C)=CCC/C(C)=C/CC[C@H](C)/C=C/C(=O)N(C)CCc1c[n+](CCCN=C([NH-])N)cn1C. The minimum absolute atomic E-state index is 0.0493. The van der Waals surface area contributed by atoms with Crippen LogP contribution in [0.5, 0.6) is 0 Å². The molecule has 0 saturated heterocycles. The van der Waals surface area contributed by atoms with Crippen LogP contribution in [0, 0.1) is 5.92 Å². The molecule has 1 heterocycles. The molecule has 1 aromatic heterocycles. The van der Waals surface area contributed by atoms with Gasteiger partial charge in [-0.1, -0.05) is 36.3 Å². The number of nitrogens with zero attached hydrogens (tertiary/aromatic N) is 4. The highest BCUT2D eigenvalue weighted by Crippen LogP contribution is 2.13. The lowest BCUT2D eigenvalue weighted by Gasteiger charge is -2.14. The molecule has 0 fully saturated rings. The minimum Gasteiger partial charge on any atom is -0.454 e. The van der Waals surface area contributed by atoms with Gasteiger partial charge in [-0.05, 0) is 77.4 Å². The molecule has 0 spiro atoms. The fraction of sp³-hybridized carbons (Fsp3) is 0.593. The van der Waals surface area contributed by atoms with E-state index >= 15 is 0 Å². The van der Waals surface area contributed by atoms with Crippen molar-refractivity contribution in [3.05, 3.63) is 59.4 Å². The third-order valence-corrected chi connectivity index (χ3v) is 5.80. The zero-order chi connectivity index (χ0) is 25.5. The van der Waals surface area contributed by atoms with Crippen molar-refractivity contribution in [3.8, 4) is 0 Å². The Morgan fingerprint density at radius 1 is 1.29 bits per heavy atom. The van der Waals surface area contributed by atoms with Crippen molar-refractivity contribution in [1.29, 1.82) is 0 Å². The lowest BCUT2D eigenvalue weighted by atomic mass is 10.0.